The van der Waals surface area contributed by atoms with Crippen LogP contribution >= 0.6 is 23.5 Å². The second-order valence-electron chi connectivity index (χ2n) is 28.1. The van der Waals surface area contributed by atoms with Crippen LogP contribution in [0.25, 0.3) is 10.9 Å². The molecule has 106 heavy (non-hydrogen) atoms. The molecule has 2 saturated carbocycles. The molecule has 0 radical (unpaired) electrons. The van der Waals surface area contributed by atoms with Crippen molar-refractivity contribution < 1.29 is 71.7 Å². The van der Waals surface area contributed by atoms with Gasteiger partial charge in [-0.05, 0) is 147 Å². The molecule has 1 saturated heterocycles. The molecule has 9 amide bonds. The van der Waals surface area contributed by atoms with E-state index in [0.29, 0.717) is 84.4 Å². The number of unbranched alkanes of at least 4 members (excludes halogenated alkanes) is 1. The Balaban J connectivity index is 0.989. The van der Waals surface area contributed by atoms with Gasteiger partial charge in [-0.2, -0.15) is 23.5 Å². The minimum atomic E-state index is -1.98. The lowest BCUT2D eigenvalue weighted by Crippen LogP contribution is -2.60. The lowest BCUT2D eigenvalue weighted by atomic mass is 9.75. The summed E-state index contributed by atoms with van der Waals surface area (Å²) in [5.41, 5.74) is 16.1. The fourth-order valence-corrected chi connectivity index (χ4v) is 16.9. The minimum Gasteiger partial charge on any atom is -0.508 e. The Morgan fingerprint density at radius 1 is 0.679 bits per heavy atom. The molecule has 13 atom stereocenters. The van der Waals surface area contributed by atoms with Crippen molar-refractivity contribution >= 4 is 99.3 Å². The van der Waals surface area contributed by atoms with Crippen molar-refractivity contribution in [2.45, 2.75) is 169 Å². The molecule has 4 aromatic carbocycles. The average Bonchev–Trinajstić information content (AvgIpc) is 1.66. The molecular weight excluding hydrogens is 1410 g/mol. The van der Waals surface area contributed by atoms with Crippen LogP contribution < -0.4 is 48.7 Å². The highest BCUT2D eigenvalue weighted by molar-refractivity contribution is 7.98. The van der Waals surface area contributed by atoms with E-state index < -0.39 is 144 Å². The molecule has 3 fully saturated rings. The summed E-state index contributed by atoms with van der Waals surface area (Å²) in [7, 11) is 0. The Hall–Kier alpha value is -9.68. The number of carboxylic acid groups (broad SMARTS) is 1. The fourth-order valence-electron chi connectivity index (χ4n) is 15.0. The van der Waals surface area contributed by atoms with Crippen molar-refractivity contribution in [3.05, 3.63) is 155 Å². The number of aliphatic carboxylic acids is 1. The van der Waals surface area contributed by atoms with Crippen LogP contribution in [0.5, 0.6) is 5.75 Å². The summed E-state index contributed by atoms with van der Waals surface area (Å²) in [6.45, 7) is -0.400. The van der Waals surface area contributed by atoms with E-state index in [-0.39, 0.29) is 99.3 Å². The Morgan fingerprint density at radius 3 is 2.09 bits per heavy atom. The molecule has 10 rings (SSSR count). The second kappa shape index (κ2) is 38.0. The number of aromatic hydroxyl groups is 1. The molecule has 6 aromatic rings. The molecule has 4 heterocycles. The smallest absolute Gasteiger partial charge is 0.305 e. The number of aromatic amines is 2. The number of hydrogen-bond donors (Lipinski definition) is 13. The van der Waals surface area contributed by atoms with Crippen molar-refractivity contribution in [3.8, 4) is 5.75 Å². The number of primary amides is 1. The zero-order chi connectivity index (χ0) is 75.4. The van der Waals surface area contributed by atoms with Crippen molar-refractivity contribution in [1.29, 1.82) is 0 Å². The zero-order valence-electron chi connectivity index (χ0n) is 58.7. The molecule has 2 aliphatic heterocycles. The van der Waals surface area contributed by atoms with Gasteiger partial charge in [0.05, 0.1) is 31.3 Å². The topological polar surface area (TPSA) is 412 Å². The summed E-state index contributed by atoms with van der Waals surface area (Å²) in [5.74, 6) is -10.8. The number of rotatable bonds is 16. The maximum Gasteiger partial charge on any atom is 0.305 e. The number of thioether (sulfide) groups is 2. The van der Waals surface area contributed by atoms with Gasteiger partial charge in [-0.3, -0.25) is 52.7 Å². The number of amides is 9. The number of carboxylic acids is 1. The number of hydrogen-bond acceptors (Lipinski definition) is 16. The maximum atomic E-state index is 15.6. The van der Waals surface area contributed by atoms with E-state index in [9.17, 15) is 43.4 Å². The third-order valence-electron chi connectivity index (χ3n) is 20.5. The highest BCUT2D eigenvalue weighted by Crippen LogP contribution is 2.48. The summed E-state index contributed by atoms with van der Waals surface area (Å²) >= 11 is 2.88. The minimum absolute atomic E-state index is 0.00111. The van der Waals surface area contributed by atoms with Crippen LogP contribution in [0.1, 0.15) is 123 Å². The molecule has 566 valence electrons. The number of carbonyl (C=O) groups is 11. The summed E-state index contributed by atoms with van der Waals surface area (Å²) in [5, 5.41) is 39.9. The lowest BCUT2D eigenvalue weighted by Gasteiger charge is -2.33. The molecule has 2 aromatic heterocycles. The Kier molecular flexibility index (Phi) is 28.3. The van der Waals surface area contributed by atoms with Crippen LogP contribution in [0.2, 0.25) is 0 Å². The number of nitrogens with one attached hydrogen (secondary N) is 9. The van der Waals surface area contributed by atoms with Gasteiger partial charge in [0.25, 0.3) is 0 Å². The van der Waals surface area contributed by atoms with Crippen LogP contribution in [-0.4, -0.2) is 175 Å². The van der Waals surface area contributed by atoms with Gasteiger partial charge >= 0.3 is 5.97 Å². The van der Waals surface area contributed by atoms with Crippen LogP contribution in [0, 0.1) is 29.5 Å². The number of H-pyrrole nitrogens is 2. The van der Waals surface area contributed by atoms with E-state index >= 15 is 28.4 Å². The monoisotopic (exact) mass is 1500 g/mol. The van der Waals surface area contributed by atoms with Crippen molar-refractivity contribution in [3.63, 3.8) is 0 Å². The van der Waals surface area contributed by atoms with E-state index in [1.807, 2.05) is 54.6 Å². The summed E-state index contributed by atoms with van der Waals surface area (Å²) < 4.78 is 30.3. The fraction of sp³-hybridized carbons (Fsp3) is 0.474. The molecular formula is C76H93F2N13O13S2. The van der Waals surface area contributed by atoms with E-state index in [2.05, 4.69) is 52.2 Å². The van der Waals surface area contributed by atoms with Gasteiger partial charge in [-0.15, -0.1) is 0 Å². The molecule has 2 aliphatic carbocycles. The number of ketones is 1. The number of alkyl halides is 1. The van der Waals surface area contributed by atoms with Crippen LogP contribution in [0.4, 0.5) is 8.78 Å². The highest BCUT2D eigenvalue weighted by Gasteiger charge is 2.46. The van der Waals surface area contributed by atoms with Crippen molar-refractivity contribution in [2.24, 2.45) is 35.1 Å². The van der Waals surface area contributed by atoms with E-state index in [1.54, 1.807) is 0 Å². The number of halogens is 2. The first-order chi connectivity index (χ1) is 51.0. The SMILES string of the molecule is NCCCC[C@@H]1NC(=O)CCSCc2cccc(c2)CSC[C@@H](C(N)=O)CC(=O)[C@@H]2C[C@@H](c3ccccc3)CN2C(=O)[C@H](Cc2ccc(O)cc2)NC(=O)[C@H](Cc2cnc[nH]2)NC(=O)[C@H](CC(=O)O)NC(=O)[C@H](CC2CCC3CCC(F)CC32)NC(=O)[C@H](Cc2c[nH]c3ccc(F)cc23)NC(=O)CNC1=O. The van der Waals surface area contributed by atoms with Gasteiger partial charge in [0, 0.05) is 96.6 Å². The average molecular weight is 1500 g/mol. The number of carbonyl (C=O) groups excluding carboxylic acids is 10. The predicted octanol–water partition coefficient (Wildman–Crippen LogP) is 4.96. The zero-order valence-corrected chi connectivity index (χ0v) is 60.4. The number of Topliss-reactive ketones (excluding diaryl/α,β-unsaturated/α-hetero) is 1. The molecule has 26 nitrogen and oxygen atoms in total. The van der Waals surface area contributed by atoms with Gasteiger partial charge in [0.15, 0.2) is 5.78 Å². The van der Waals surface area contributed by atoms with Crippen LogP contribution in [0.15, 0.2) is 116 Å². The summed E-state index contributed by atoms with van der Waals surface area (Å²) in [6.07, 6.45) is 4.21. The number of phenolic OH excluding ortho intramolecular Hbond substituents is 1. The third-order valence-corrected chi connectivity index (χ3v) is 22.7. The summed E-state index contributed by atoms with van der Waals surface area (Å²) in [6, 6.07) is 16.2. The van der Waals surface area contributed by atoms with E-state index in [4.69, 9.17) is 11.5 Å². The molecule has 0 spiro atoms. The molecule has 2 bridgehead atoms. The molecule has 30 heteroatoms. The Labute approximate surface area is 620 Å². The number of imidazole rings is 1. The second-order valence-corrected chi connectivity index (χ2v) is 30.2. The van der Waals surface area contributed by atoms with Gasteiger partial charge in [-0.1, -0.05) is 66.7 Å². The van der Waals surface area contributed by atoms with Crippen LogP contribution in [-0.2, 0) is 83.5 Å². The van der Waals surface area contributed by atoms with Crippen molar-refractivity contribution in [2.75, 3.05) is 31.1 Å². The number of aromatic nitrogens is 3. The number of fused-ring (bicyclic) bond motifs is 5. The first-order valence-corrected chi connectivity index (χ1v) is 38.4. The van der Waals surface area contributed by atoms with E-state index in [0.717, 1.165) is 16.7 Å². The van der Waals surface area contributed by atoms with Gasteiger partial charge < -0.3 is 73.8 Å². The largest absolute Gasteiger partial charge is 0.508 e. The first-order valence-electron chi connectivity index (χ1n) is 36.1. The Morgan fingerprint density at radius 2 is 1.37 bits per heavy atom. The number of benzene rings is 4. The number of nitrogens with zero attached hydrogens (tertiary/aromatic N) is 2. The standard InChI is InChI=1S/C76H93F2N13O13S2/c77-52-17-16-47-14-15-48(56(47)31-52)27-61-73(101)89-63(34-69(96)97)75(103)88-62(33-54-36-81-42-84-54)74(102)90-64(26-43-12-19-55(92)20-13-43)76(104)91-38-50(46-9-2-1-3-10-46)29-65(91)66(93)30-51(70(80)98)41-106-40-45-8-6-7-44(25-45)39-105-24-22-67(94)85-59(11-4-5-23-79)71(99)83-37-68(95)86-60(72(100)87-61)28-49-35-82-58-21-18-53(78)32-57(49)58/h1-3,6-10,12-13,18-21,25,32,35-36,42,47-48,50-52,56,59-65,82,92H,4-5,11,14-17,22-24,26-31,33-34,37-41,79H2,(H2,80,98)(H,81,84)(H,83,99)(H,85,94)(H,86,95)(H,87,100)(H,88,103)(H,89,101)(H,90,102)(H,96,97)/t47?,48?,50-,51+,52?,56?,59+,60+,61+,62+,63+,64+,65+/m1/s1. The molecule has 4 unspecified atom stereocenters. The predicted molar refractivity (Wildman–Crippen MR) is 394 cm³/mol. The quantitative estimate of drug-likeness (QED) is 0.0569. The highest BCUT2D eigenvalue weighted by atomic mass is 32.2. The molecule has 4 aliphatic rings. The molecule has 15 N–H and O–H groups in total. The van der Waals surface area contributed by atoms with Gasteiger partial charge in [-0.25, -0.2) is 13.8 Å². The van der Waals surface area contributed by atoms with Gasteiger partial charge in [0.2, 0.25) is 53.2 Å². The Bertz CT molecular complexity index is 4080. The van der Waals surface area contributed by atoms with Crippen molar-refractivity contribution in [1.82, 2.24) is 57.1 Å². The first kappa shape index (κ1) is 78.9. The number of nitrogens with two attached hydrogens (primary N) is 2. The number of phenols is 1. The summed E-state index contributed by atoms with van der Waals surface area (Å²) in [4.78, 5) is 171. The van der Waals surface area contributed by atoms with Gasteiger partial charge in [0.1, 0.15) is 54.0 Å². The van der Waals surface area contributed by atoms with E-state index in [1.165, 1.54) is 89.6 Å². The van der Waals surface area contributed by atoms with Crippen LogP contribution in [0.3, 0.4) is 0 Å². The third kappa shape index (κ3) is 22.2. The maximum absolute atomic E-state index is 15.6. The lowest BCUT2D eigenvalue weighted by molar-refractivity contribution is -0.142. The normalized spacial score (nSPS) is 26.4.